The molecule has 0 amide bonds. The lowest BCUT2D eigenvalue weighted by Crippen LogP contribution is -2.25. The average molecular weight is 272 g/mol. The van der Waals surface area contributed by atoms with E-state index in [1.165, 1.54) is 5.56 Å². The zero-order valence-corrected chi connectivity index (χ0v) is 12.6. The van der Waals surface area contributed by atoms with Crippen molar-refractivity contribution in [1.29, 1.82) is 0 Å². The van der Waals surface area contributed by atoms with Crippen LogP contribution in [0, 0.1) is 0 Å². The Kier molecular flexibility index (Phi) is 5.30. The van der Waals surface area contributed by atoms with Crippen molar-refractivity contribution in [3.8, 4) is 0 Å². The lowest BCUT2D eigenvalue weighted by atomic mass is 10.0. The van der Waals surface area contributed by atoms with Crippen LogP contribution in [-0.4, -0.2) is 21.3 Å². The maximum Gasteiger partial charge on any atom is 0.138 e. The van der Waals surface area contributed by atoms with Gasteiger partial charge in [0.2, 0.25) is 0 Å². The minimum atomic E-state index is 0.290. The second-order valence-corrected chi connectivity index (χ2v) is 5.34. The van der Waals surface area contributed by atoms with Crippen LogP contribution in [0.2, 0.25) is 0 Å². The highest BCUT2D eigenvalue weighted by Crippen LogP contribution is 2.18. The molecule has 0 saturated carbocycles. The third kappa shape index (κ3) is 3.67. The molecule has 0 aliphatic heterocycles. The molecule has 2 aromatic rings. The van der Waals surface area contributed by atoms with Crippen molar-refractivity contribution in [2.24, 2.45) is 0 Å². The molecule has 1 N–H and O–H groups in total. The molecule has 4 heteroatoms. The molecule has 0 saturated heterocycles. The largest absolute Gasteiger partial charge is 0.310 e. The lowest BCUT2D eigenvalue weighted by Gasteiger charge is -2.19. The number of hydrogen-bond acceptors (Lipinski definition) is 3. The van der Waals surface area contributed by atoms with E-state index >= 15 is 0 Å². The molecule has 0 spiro atoms. The summed E-state index contributed by atoms with van der Waals surface area (Å²) in [5.74, 6) is 1.04. The Morgan fingerprint density at radius 2 is 1.95 bits per heavy atom. The van der Waals surface area contributed by atoms with Crippen LogP contribution < -0.4 is 5.32 Å². The first-order valence-electron chi connectivity index (χ1n) is 7.39. The Bertz CT molecular complexity index is 504. The topological polar surface area (TPSA) is 42.7 Å². The smallest absolute Gasteiger partial charge is 0.138 e. The molecule has 0 bridgehead atoms. The van der Waals surface area contributed by atoms with Crippen LogP contribution >= 0.6 is 0 Å². The minimum absolute atomic E-state index is 0.290. The molecule has 0 aliphatic carbocycles. The van der Waals surface area contributed by atoms with Gasteiger partial charge in [-0.25, -0.2) is 9.67 Å². The van der Waals surface area contributed by atoms with Crippen LogP contribution in [0.1, 0.15) is 50.7 Å². The van der Waals surface area contributed by atoms with Crippen LogP contribution in [-0.2, 0) is 6.42 Å². The lowest BCUT2D eigenvalue weighted by molar-refractivity contribution is 0.463. The summed E-state index contributed by atoms with van der Waals surface area (Å²) in [7, 11) is 0. The number of nitrogens with one attached hydrogen (secondary N) is 1. The molecule has 4 nitrogen and oxygen atoms in total. The highest BCUT2D eigenvalue weighted by molar-refractivity contribution is 5.20. The van der Waals surface area contributed by atoms with E-state index < -0.39 is 0 Å². The van der Waals surface area contributed by atoms with Gasteiger partial charge in [0.05, 0.1) is 0 Å². The zero-order chi connectivity index (χ0) is 14.4. The maximum absolute atomic E-state index is 4.42. The average Bonchev–Trinajstić information content (AvgIpc) is 2.92. The van der Waals surface area contributed by atoms with Gasteiger partial charge in [-0.1, -0.05) is 37.3 Å². The number of hydrogen-bond donors (Lipinski definition) is 1. The summed E-state index contributed by atoms with van der Waals surface area (Å²) in [4.78, 5) is 4.42. The third-order valence-electron chi connectivity index (χ3n) is 3.37. The Hall–Kier alpha value is -1.68. The van der Waals surface area contributed by atoms with Gasteiger partial charge in [-0.2, -0.15) is 5.10 Å². The van der Waals surface area contributed by atoms with Crippen molar-refractivity contribution in [3.05, 3.63) is 48.0 Å². The van der Waals surface area contributed by atoms with Crippen molar-refractivity contribution in [2.45, 2.75) is 45.7 Å². The van der Waals surface area contributed by atoms with Gasteiger partial charge in [-0.3, -0.25) is 0 Å². The van der Waals surface area contributed by atoms with Crippen molar-refractivity contribution >= 4 is 0 Å². The molecule has 1 atom stereocenters. The van der Waals surface area contributed by atoms with E-state index in [2.05, 4.69) is 66.5 Å². The van der Waals surface area contributed by atoms with Gasteiger partial charge < -0.3 is 5.32 Å². The van der Waals surface area contributed by atoms with Crippen LogP contribution in [0.15, 0.2) is 36.7 Å². The van der Waals surface area contributed by atoms with Crippen LogP contribution in [0.3, 0.4) is 0 Å². The predicted molar refractivity (Wildman–Crippen MR) is 81.6 cm³/mol. The summed E-state index contributed by atoms with van der Waals surface area (Å²) in [5.41, 5.74) is 1.30. The second-order valence-electron chi connectivity index (χ2n) is 5.34. The summed E-state index contributed by atoms with van der Waals surface area (Å²) < 4.78 is 2.00. The van der Waals surface area contributed by atoms with Crippen molar-refractivity contribution in [1.82, 2.24) is 20.1 Å². The Labute approximate surface area is 121 Å². The molecular formula is C16H24N4. The van der Waals surface area contributed by atoms with Crippen LogP contribution in [0.5, 0.6) is 0 Å². The molecule has 1 aromatic carbocycles. The van der Waals surface area contributed by atoms with E-state index in [1.807, 2.05) is 4.68 Å². The fourth-order valence-corrected chi connectivity index (χ4v) is 2.35. The maximum atomic E-state index is 4.42. The van der Waals surface area contributed by atoms with Gasteiger partial charge >= 0.3 is 0 Å². The molecule has 1 unspecified atom stereocenters. The number of rotatable bonds is 7. The van der Waals surface area contributed by atoms with Gasteiger partial charge in [0.1, 0.15) is 12.2 Å². The van der Waals surface area contributed by atoms with Gasteiger partial charge in [-0.05, 0) is 32.4 Å². The second kappa shape index (κ2) is 7.20. The summed E-state index contributed by atoms with van der Waals surface area (Å²) in [5, 5.41) is 7.93. The number of nitrogens with zero attached hydrogens (tertiary/aromatic N) is 3. The van der Waals surface area contributed by atoms with E-state index in [4.69, 9.17) is 0 Å². The van der Waals surface area contributed by atoms with Gasteiger partial charge in [-0.15, -0.1) is 0 Å². The first-order valence-corrected chi connectivity index (χ1v) is 7.39. The molecule has 1 aromatic heterocycles. The number of aromatic nitrogens is 3. The first-order chi connectivity index (χ1) is 9.72. The van der Waals surface area contributed by atoms with E-state index in [-0.39, 0.29) is 6.04 Å². The molecular weight excluding hydrogens is 248 g/mol. The minimum Gasteiger partial charge on any atom is -0.310 e. The zero-order valence-electron chi connectivity index (χ0n) is 12.6. The molecule has 108 valence electrons. The molecule has 0 fully saturated rings. The van der Waals surface area contributed by atoms with E-state index in [0.717, 1.165) is 25.2 Å². The molecule has 1 heterocycles. The normalized spacial score (nSPS) is 12.8. The highest BCUT2D eigenvalue weighted by atomic mass is 15.3. The fourth-order valence-electron chi connectivity index (χ4n) is 2.35. The van der Waals surface area contributed by atoms with Gasteiger partial charge in [0.25, 0.3) is 0 Å². The quantitative estimate of drug-likeness (QED) is 0.842. The van der Waals surface area contributed by atoms with Gasteiger partial charge in [0, 0.05) is 18.5 Å². The van der Waals surface area contributed by atoms with E-state index in [1.54, 1.807) is 6.33 Å². The summed E-state index contributed by atoms with van der Waals surface area (Å²) in [6.45, 7) is 7.46. The standard InChI is InChI=1S/C16H24N4/c1-4-10-17-15(14-8-6-5-7-9-14)11-16-18-12-19-20(16)13(2)3/h5-9,12-13,15,17H,4,10-11H2,1-3H3. The fraction of sp³-hybridized carbons (Fsp3) is 0.500. The SMILES string of the molecule is CCCNC(Cc1ncnn1C(C)C)c1ccccc1. The third-order valence-corrected chi connectivity index (χ3v) is 3.37. The number of benzene rings is 1. The van der Waals surface area contributed by atoms with Crippen LogP contribution in [0.25, 0.3) is 0 Å². The monoisotopic (exact) mass is 272 g/mol. The molecule has 2 rings (SSSR count). The van der Waals surface area contributed by atoms with Crippen molar-refractivity contribution in [3.63, 3.8) is 0 Å². The highest BCUT2D eigenvalue weighted by Gasteiger charge is 2.16. The van der Waals surface area contributed by atoms with Crippen LogP contribution in [0.4, 0.5) is 0 Å². The molecule has 0 radical (unpaired) electrons. The summed E-state index contributed by atoms with van der Waals surface area (Å²) >= 11 is 0. The van der Waals surface area contributed by atoms with Gasteiger partial charge in [0.15, 0.2) is 0 Å². The molecule has 0 aliphatic rings. The van der Waals surface area contributed by atoms with E-state index in [9.17, 15) is 0 Å². The summed E-state index contributed by atoms with van der Waals surface area (Å²) in [6.07, 6.45) is 3.64. The first kappa shape index (κ1) is 14.7. The predicted octanol–water partition coefficient (Wildman–Crippen LogP) is 3.14. The van der Waals surface area contributed by atoms with Crippen molar-refractivity contribution in [2.75, 3.05) is 6.54 Å². The molecule has 20 heavy (non-hydrogen) atoms. The Morgan fingerprint density at radius 3 is 2.60 bits per heavy atom. The Balaban J connectivity index is 2.17. The Morgan fingerprint density at radius 1 is 1.20 bits per heavy atom. The summed E-state index contributed by atoms with van der Waals surface area (Å²) in [6, 6.07) is 11.2. The van der Waals surface area contributed by atoms with Crippen molar-refractivity contribution < 1.29 is 0 Å². The van der Waals surface area contributed by atoms with E-state index in [0.29, 0.717) is 6.04 Å².